The normalized spacial score (nSPS) is 14.2. The smallest absolute Gasteiger partial charge is 0.133 e. The van der Waals surface area contributed by atoms with E-state index in [1.54, 1.807) is 0 Å². The summed E-state index contributed by atoms with van der Waals surface area (Å²) in [6.07, 6.45) is 2.59. The van der Waals surface area contributed by atoms with Gasteiger partial charge in [-0.15, -0.1) is 0 Å². The molecule has 1 fully saturated rings. The zero-order valence-corrected chi connectivity index (χ0v) is 14.0. The Hall–Kier alpha value is -1.32. The van der Waals surface area contributed by atoms with E-state index in [2.05, 4.69) is 59.4 Å². The van der Waals surface area contributed by atoms with Crippen LogP contribution in [0.4, 0.5) is 0 Å². The van der Waals surface area contributed by atoms with E-state index in [0.717, 1.165) is 28.1 Å². The highest BCUT2D eigenvalue weighted by Crippen LogP contribution is 2.31. The molecule has 2 aromatic rings. The molecular formula is C18H20BrNO. The number of nitrogens with one attached hydrogen (secondary N) is 1. The molecule has 3 rings (SSSR count). The van der Waals surface area contributed by atoms with Crippen molar-refractivity contribution in [1.29, 1.82) is 0 Å². The summed E-state index contributed by atoms with van der Waals surface area (Å²) in [6, 6.07) is 13.2. The molecule has 2 aromatic carbocycles. The monoisotopic (exact) mass is 345 g/mol. The summed E-state index contributed by atoms with van der Waals surface area (Å²) < 4.78 is 7.20. The predicted octanol–water partition coefficient (Wildman–Crippen LogP) is 5.11. The molecule has 1 aliphatic rings. The first-order valence-electron chi connectivity index (χ1n) is 7.39. The quantitative estimate of drug-likeness (QED) is 0.812. The van der Waals surface area contributed by atoms with Crippen LogP contribution in [-0.2, 0) is 6.54 Å². The van der Waals surface area contributed by atoms with Crippen LogP contribution < -0.4 is 10.1 Å². The van der Waals surface area contributed by atoms with Crippen LogP contribution >= 0.6 is 15.9 Å². The number of hydrogen-bond donors (Lipinski definition) is 1. The third kappa shape index (κ3) is 3.86. The molecule has 110 valence electrons. The molecule has 1 aliphatic carbocycles. The molecule has 0 amide bonds. The Morgan fingerprint density at radius 3 is 2.62 bits per heavy atom. The Bertz CT molecular complexity index is 650. The minimum absolute atomic E-state index is 0.697. The molecule has 0 unspecified atom stereocenters. The fourth-order valence-electron chi connectivity index (χ4n) is 2.34. The van der Waals surface area contributed by atoms with E-state index in [1.807, 2.05) is 12.1 Å². The topological polar surface area (TPSA) is 21.3 Å². The molecule has 0 heterocycles. The summed E-state index contributed by atoms with van der Waals surface area (Å²) in [7, 11) is 0. The molecule has 0 atom stereocenters. The molecule has 0 radical (unpaired) electrons. The van der Waals surface area contributed by atoms with Gasteiger partial charge >= 0.3 is 0 Å². The molecule has 21 heavy (non-hydrogen) atoms. The first-order chi connectivity index (χ1) is 10.1. The molecule has 0 spiro atoms. The van der Waals surface area contributed by atoms with Gasteiger partial charge in [-0.2, -0.15) is 0 Å². The second-order valence-electron chi connectivity index (χ2n) is 5.78. The highest BCUT2D eigenvalue weighted by Gasteiger charge is 2.20. The van der Waals surface area contributed by atoms with Gasteiger partial charge in [0.1, 0.15) is 11.5 Å². The van der Waals surface area contributed by atoms with Gasteiger partial charge in [0.2, 0.25) is 0 Å². The Morgan fingerprint density at radius 2 is 1.90 bits per heavy atom. The Kier molecular flexibility index (Phi) is 4.32. The third-order valence-corrected chi connectivity index (χ3v) is 4.23. The maximum Gasteiger partial charge on any atom is 0.133 e. The van der Waals surface area contributed by atoms with Crippen LogP contribution in [0.15, 0.2) is 40.9 Å². The van der Waals surface area contributed by atoms with Gasteiger partial charge in [0, 0.05) is 22.6 Å². The van der Waals surface area contributed by atoms with Crippen molar-refractivity contribution < 1.29 is 4.74 Å². The average molecular weight is 346 g/mol. The van der Waals surface area contributed by atoms with Crippen LogP contribution in [0.25, 0.3) is 0 Å². The predicted molar refractivity (Wildman–Crippen MR) is 90.0 cm³/mol. The summed E-state index contributed by atoms with van der Waals surface area (Å²) in [5.74, 6) is 1.84. The van der Waals surface area contributed by atoms with Gasteiger partial charge in [-0.25, -0.2) is 0 Å². The van der Waals surface area contributed by atoms with Crippen LogP contribution in [0.3, 0.4) is 0 Å². The summed E-state index contributed by atoms with van der Waals surface area (Å²) in [6.45, 7) is 5.04. The lowest BCUT2D eigenvalue weighted by molar-refractivity contribution is 0.468. The molecule has 1 saturated carbocycles. The van der Waals surface area contributed by atoms with Crippen molar-refractivity contribution in [3.8, 4) is 11.5 Å². The minimum atomic E-state index is 0.697. The second kappa shape index (κ2) is 6.20. The fourth-order valence-corrected chi connectivity index (χ4v) is 2.68. The minimum Gasteiger partial charge on any atom is -0.457 e. The molecule has 3 heteroatoms. The number of halogens is 1. The maximum absolute atomic E-state index is 6.16. The first-order valence-corrected chi connectivity index (χ1v) is 8.18. The van der Waals surface area contributed by atoms with Crippen molar-refractivity contribution in [2.75, 3.05) is 0 Å². The number of rotatable bonds is 5. The number of hydrogen-bond acceptors (Lipinski definition) is 2. The van der Waals surface area contributed by atoms with Crippen molar-refractivity contribution >= 4 is 15.9 Å². The number of benzene rings is 2. The van der Waals surface area contributed by atoms with Crippen molar-refractivity contribution in [3.05, 3.63) is 57.6 Å². The van der Waals surface area contributed by atoms with Crippen molar-refractivity contribution in [1.82, 2.24) is 5.32 Å². The average Bonchev–Trinajstić information content (AvgIpc) is 3.25. The summed E-state index contributed by atoms with van der Waals surface area (Å²) >= 11 is 3.53. The van der Waals surface area contributed by atoms with Crippen LogP contribution in [0, 0.1) is 13.8 Å². The van der Waals surface area contributed by atoms with Gasteiger partial charge in [0.15, 0.2) is 0 Å². The molecule has 2 nitrogen and oxygen atoms in total. The standard InChI is InChI=1S/C18H20BrNO/c1-12-3-8-17(13(2)9-12)21-18-10-15(19)5-4-14(18)11-20-16-6-7-16/h3-5,8-10,16,20H,6-7,11H2,1-2H3. The highest BCUT2D eigenvalue weighted by molar-refractivity contribution is 9.10. The van der Waals surface area contributed by atoms with E-state index in [4.69, 9.17) is 4.74 Å². The molecule has 0 aromatic heterocycles. The van der Waals surface area contributed by atoms with Crippen molar-refractivity contribution in [2.24, 2.45) is 0 Å². The number of ether oxygens (including phenoxy) is 1. The molecule has 0 aliphatic heterocycles. The summed E-state index contributed by atoms with van der Waals surface area (Å²) in [4.78, 5) is 0. The Labute approximate surface area is 134 Å². The van der Waals surface area contributed by atoms with Crippen LogP contribution in [0.5, 0.6) is 11.5 Å². The molecule has 1 N–H and O–H groups in total. The Balaban J connectivity index is 1.83. The fraction of sp³-hybridized carbons (Fsp3) is 0.333. The van der Waals surface area contributed by atoms with Gasteiger partial charge in [-0.1, -0.05) is 39.7 Å². The first kappa shape index (κ1) is 14.6. The van der Waals surface area contributed by atoms with E-state index in [-0.39, 0.29) is 0 Å². The summed E-state index contributed by atoms with van der Waals surface area (Å²) in [5.41, 5.74) is 3.62. The largest absolute Gasteiger partial charge is 0.457 e. The van der Waals surface area contributed by atoms with Crippen molar-refractivity contribution in [2.45, 2.75) is 39.3 Å². The highest BCUT2D eigenvalue weighted by atomic mass is 79.9. The maximum atomic E-state index is 6.16. The lowest BCUT2D eigenvalue weighted by atomic mass is 10.1. The van der Waals surface area contributed by atoms with E-state index < -0.39 is 0 Å². The van der Waals surface area contributed by atoms with Gasteiger partial charge in [-0.3, -0.25) is 0 Å². The van der Waals surface area contributed by atoms with E-state index in [0.29, 0.717) is 6.04 Å². The number of aryl methyl sites for hydroxylation is 2. The molecule has 0 bridgehead atoms. The van der Waals surface area contributed by atoms with E-state index in [9.17, 15) is 0 Å². The SMILES string of the molecule is Cc1ccc(Oc2cc(Br)ccc2CNC2CC2)c(C)c1. The van der Waals surface area contributed by atoms with Crippen molar-refractivity contribution in [3.63, 3.8) is 0 Å². The lowest BCUT2D eigenvalue weighted by Gasteiger charge is -2.14. The van der Waals surface area contributed by atoms with E-state index in [1.165, 1.54) is 24.0 Å². The molecule has 0 saturated heterocycles. The van der Waals surface area contributed by atoms with Crippen LogP contribution in [0.1, 0.15) is 29.5 Å². The lowest BCUT2D eigenvalue weighted by Crippen LogP contribution is -2.15. The van der Waals surface area contributed by atoms with Crippen LogP contribution in [-0.4, -0.2) is 6.04 Å². The third-order valence-electron chi connectivity index (χ3n) is 3.74. The van der Waals surface area contributed by atoms with E-state index >= 15 is 0 Å². The van der Waals surface area contributed by atoms with Crippen LogP contribution in [0.2, 0.25) is 0 Å². The van der Waals surface area contributed by atoms with Gasteiger partial charge in [-0.05, 0) is 50.5 Å². The van der Waals surface area contributed by atoms with Gasteiger partial charge < -0.3 is 10.1 Å². The zero-order chi connectivity index (χ0) is 14.8. The summed E-state index contributed by atoms with van der Waals surface area (Å²) in [5, 5.41) is 3.55. The second-order valence-corrected chi connectivity index (χ2v) is 6.69. The van der Waals surface area contributed by atoms with Gasteiger partial charge in [0.05, 0.1) is 0 Å². The Morgan fingerprint density at radius 1 is 1.10 bits per heavy atom. The molecular weight excluding hydrogens is 326 g/mol. The zero-order valence-electron chi connectivity index (χ0n) is 12.4. The van der Waals surface area contributed by atoms with Gasteiger partial charge in [0.25, 0.3) is 0 Å².